The molecule has 19 heavy (non-hydrogen) atoms. The van der Waals surface area contributed by atoms with E-state index in [4.69, 9.17) is 4.74 Å². The van der Waals surface area contributed by atoms with Gasteiger partial charge in [0.2, 0.25) is 0 Å². The number of ether oxygens (including phenoxy) is 1. The number of rotatable bonds is 5. The molecule has 0 heterocycles. The van der Waals surface area contributed by atoms with E-state index >= 15 is 0 Å². The minimum atomic E-state index is -0.437. The van der Waals surface area contributed by atoms with Gasteiger partial charge in [0.25, 0.3) is 0 Å². The summed E-state index contributed by atoms with van der Waals surface area (Å²) in [5.41, 5.74) is 0. The fourth-order valence-corrected chi connectivity index (χ4v) is 3.61. The number of aliphatic hydroxyl groups excluding tert-OH is 1. The molecule has 0 aromatic heterocycles. The lowest BCUT2D eigenvalue weighted by Crippen LogP contribution is -2.36. The van der Waals surface area contributed by atoms with E-state index in [9.17, 15) is 9.90 Å². The van der Waals surface area contributed by atoms with Gasteiger partial charge in [0.1, 0.15) is 6.10 Å². The van der Waals surface area contributed by atoms with Gasteiger partial charge in [0, 0.05) is 0 Å². The van der Waals surface area contributed by atoms with Crippen LogP contribution >= 0.6 is 0 Å². The molecule has 2 aliphatic carbocycles. The van der Waals surface area contributed by atoms with E-state index in [1.165, 1.54) is 19.3 Å². The molecule has 0 unspecified atom stereocenters. The first-order valence-electron chi connectivity index (χ1n) is 8.11. The molecule has 0 amide bonds. The first-order valence-corrected chi connectivity index (χ1v) is 8.11. The maximum Gasteiger partial charge on any atom is 0.309 e. The predicted molar refractivity (Wildman–Crippen MR) is 74.7 cm³/mol. The van der Waals surface area contributed by atoms with E-state index in [-0.39, 0.29) is 18.0 Å². The zero-order chi connectivity index (χ0) is 13.7. The van der Waals surface area contributed by atoms with E-state index in [0.717, 1.165) is 44.9 Å². The van der Waals surface area contributed by atoms with Crippen LogP contribution in [0.2, 0.25) is 0 Å². The number of carbonyl (C=O) groups is 1. The van der Waals surface area contributed by atoms with Gasteiger partial charge in [-0.15, -0.1) is 0 Å². The smallest absolute Gasteiger partial charge is 0.309 e. The SMILES string of the molecule is CCCC[C@@H]1CCC[C@@H]1C(=O)O[C@@H]1CCCC[C@H]1O. The van der Waals surface area contributed by atoms with Crippen molar-refractivity contribution in [1.82, 2.24) is 0 Å². The Kier molecular flexibility index (Phi) is 5.68. The summed E-state index contributed by atoms with van der Waals surface area (Å²) < 4.78 is 5.61. The van der Waals surface area contributed by atoms with Gasteiger partial charge in [-0.3, -0.25) is 4.79 Å². The number of unbranched alkanes of at least 4 members (excludes halogenated alkanes) is 1. The molecule has 0 aromatic rings. The first-order chi connectivity index (χ1) is 9.22. The standard InChI is InChI=1S/C16H28O3/c1-2-3-7-12-8-6-9-13(12)16(18)19-15-11-5-4-10-14(15)17/h12-15,17H,2-11H2,1H3/t12-,13+,14-,15-/m1/s1. The van der Waals surface area contributed by atoms with Crippen LogP contribution in [0.5, 0.6) is 0 Å². The van der Waals surface area contributed by atoms with Crippen molar-refractivity contribution in [2.45, 2.75) is 83.3 Å². The number of carbonyl (C=O) groups excluding carboxylic acids is 1. The van der Waals surface area contributed by atoms with Crippen LogP contribution in [-0.4, -0.2) is 23.3 Å². The van der Waals surface area contributed by atoms with Crippen LogP contribution in [-0.2, 0) is 9.53 Å². The van der Waals surface area contributed by atoms with E-state index in [1.807, 2.05) is 0 Å². The van der Waals surface area contributed by atoms with Gasteiger partial charge in [-0.1, -0.05) is 32.6 Å². The summed E-state index contributed by atoms with van der Waals surface area (Å²) in [6.07, 6.45) is 9.92. The van der Waals surface area contributed by atoms with Gasteiger partial charge in [-0.2, -0.15) is 0 Å². The molecule has 3 heteroatoms. The highest BCUT2D eigenvalue weighted by molar-refractivity contribution is 5.73. The Hall–Kier alpha value is -0.570. The van der Waals surface area contributed by atoms with Crippen LogP contribution in [0.4, 0.5) is 0 Å². The van der Waals surface area contributed by atoms with Crippen molar-refractivity contribution < 1.29 is 14.6 Å². The van der Waals surface area contributed by atoms with Gasteiger partial charge in [0.05, 0.1) is 12.0 Å². The van der Waals surface area contributed by atoms with Gasteiger partial charge in [-0.25, -0.2) is 0 Å². The third-order valence-corrected chi connectivity index (χ3v) is 4.83. The van der Waals surface area contributed by atoms with Crippen LogP contribution in [0.1, 0.15) is 71.1 Å². The third-order valence-electron chi connectivity index (χ3n) is 4.83. The zero-order valence-corrected chi connectivity index (χ0v) is 12.1. The molecule has 3 nitrogen and oxygen atoms in total. The second-order valence-corrected chi connectivity index (χ2v) is 6.27. The molecule has 2 aliphatic rings. The summed E-state index contributed by atoms with van der Waals surface area (Å²) in [5, 5.41) is 9.89. The van der Waals surface area contributed by atoms with Crippen molar-refractivity contribution in [3.63, 3.8) is 0 Å². The van der Waals surface area contributed by atoms with E-state index in [0.29, 0.717) is 5.92 Å². The van der Waals surface area contributed by atoms with E-state index < -0.39 is 6.10 Å². The highest BCUT2D eigenvalue weighted by Gasteiger charge is 2.36. The monoisotopic (exact) mass is 268 g/mol. The second-order valence-electron chi connectivity index (χ2n) is 6.27. The van der Waals surface area contributed by atoms with Crippen LogP contribution in [0, 0.1) is 11.8 Å². The number of hydrogen-bond donors (Lipinski definition) is 1. The van der Waals surface area contributed by atoms with E-state index in [2.05, 4.69) is 6.92 Å². The Morgan fingerprint density at radius 2 is 1.95 bits per heavy atom. The fourth-order valence-electron chi connectivity index (χ4n) is 3.61. The molecule has 2 fully saturated rings. The van der Waals surface area contributed by atoms with Crippen molar-refractivity contribution in [3.05, 3.63) is 0 Å². The van der Waals surface area contributed by atoms with Crippen LogP contribution in [0.3, 0.4) is 0 Å². The molecule has 0 saturated heterocycles. The Morgan fingerprint density at radius 1 is 1.16 bits per heavy atom. The highest BCUT2D eigenvalue weighted by atomic mass is 16.6. The van der Waals surface area contributed by atoms with Crippen LogP contribution < -0.4 is 0 Å². The molecular formula is C16H28O3. The molecule has 4 atom stereocenters. The normalized spacial score (nSPS) is 35.3. The summed E-state index contributed by atoms with van der Waals surface area (Å²) in [4.78, 5) is 12.3. The minimum Gasteiger partial charge on any atom is -0.459 e. The van der Waals surface area contributed by atoms with Crippen molar-refractivity contribution >= 4 is 5.97 Å². The lowest BCUT2D eigenvalue weighted by Gasteiger charge is -2.29. The summed E-state index contributed by atoms with van der Waals surface area (Å²) >= 11 is 0. The largest absolute Gasteiger partial charge is 0.459 e. The third kappa shape index (κ3) is 3.95. The zero-order valence-electron chi connectivity index (χ0n) is 12.1. The summed E-state index contributed by atoms with van der Waals surface area (Å²) in [5.74, 6) is 0.582. The molecule has 0 spiro atoms. The Balaban J connectivity index is 1.84. The second kappa shape index (κ2) is 7.28. The molecule has 110 valence electrons. The molecule has 0 bridgehead atoms. The fraction of sp³-hybridized carbons (Fsp3) is 0.938. The Morgan fingerprint density at radius 3 is 2.68 bits per heavy atom. The molecule has 1 N–H and O–H groups in total. The van der Waals surface area contributed by atoms with Crippen molar-refractivity contribution in [3.8, 4) is 0 Å². The lowest BCUT2D eigenvalue weighted by atomic mass is 9.90. The lowest BCUT2D eigenvalue weighted by molar-refractivity contribution is -0.163. The molecule has 0 aliphatic heterocycles. The van der Waals surface area contributed by atoms with Crippen molar-refractivity contribution in [2.24, 2.45) is 11.8 Å². The van der Waals surface area contributed by atoms with Gasteiger partial charge >= 0.3 is 5.97 Å². The van der Waals surface area contributed by atoms with Gasteiger partial charge in [0.15, 0.2) is 0 Å². The summed E-state index contributed by atoms with van der Waals surface area (Å²) in [6.45, 7) is 2.20. The van der Waals surface area contributed by atoms with Crippen molar-refractivity contribution in [1.29, 1.82) is 0 Å². The molecule has 0 aromatic carbocycles. The summed E-state index contributed by atoms with van der Waals surface area (Å²) in [6, 6.07) is 0. The average Bonchev–Trinajstić information content (AvgIpc) is 2.87. The first kappa shape index (κ1) is 14.8. The number of aliphatic hydroxyl groups is 1. The Bertz CT molecular complexity index is 290. The predicted octanol–water partition coefficient (Wildman–Crippen LogP) is 3.44. The molecule has 2 rings (SSSR count). The number of hydrogen-bond acceptors (Lipinski definition) is 3. The van der Waals surface area contributed by atoms with Crippen LogP contribution in [0.25, 0.3) is 0 Å². The van der Waals surface area contributed by atoms with Gasteiger partial charge < -0.3 is 9.84 Å². The summed E-state index contributed by atoms with van der Waals surface area (Å²) in [7, 11) is 0. The molecule has 2 saturated carbocycles. The van der Waals surface area contributed by atoms with Crippen LogP contribution in [0.15, 0.2) is 0 Å². The minimum absolute atomic E-state index is 0.0375. The van der Waals surface area contributed by atoms with Crippen molar-refractivity contribution in [2.75, 3.05) is 0 Å². The maximum atomic E-state index is 12.3. The number of esters is 1. The molecule has 0 radical (unpaired) electrons. The highest BCUT2D eigenvalue weighted by Crippen LogP contribution is 2.37. The quantitative estimate of drug-likeness (QED) is 0.777. The van der Waals surface area contributed by atoms with Gasteiger partial charge in [-0.05, 0) is 44.4 Å². The topological polar surface area (TPSA) is 46.5 Å². The average molecular weight is 268 g/mol. The van der Waals surface area contributed by atoms with E-state index in [1.54, 1.807) is 0 Å². The Labute approximate surface area is 116 Å². The maximum absolute atomic E-state index is 12.3. The molecular weight excluding hydrogens is 240 g/mol.